The summed E-state index contributed by atoms with van der Waals surface area (Å²) in [4.78, 5) is 49.5. The Morgan fingerprint density at radius 3 is 2.13 bits per heavy atom. The number of methoxy groups -OCH3 is 1. The highest BCUT2D eigenvalue weighted by Gasteiger charge is 2.43. The summed E-state index contributed by atoms with van der Waals surface area (Å²) in [5.74, 6) is -1.39. The zero-order chi connectivity index (χ0) is 23.3. The number of esters is 1. The molecule has 3 amide bonds. The molecule has 11 heteroatoms. The minimum absolute atomic E-state index is 0.00658. The topological polar surface area (TPSA) is 143 Å². The minimum atomic E-state index is -1.54. The molecule has 1 heterocycles. The van der Waals surface area contributed by atoms with E-state index in [9.17, 15) is 24.3 Å². The zero-order valence-corrected chi connectivity index (χ0v) is 18.6. The van der Waals surface area contributed by atoms with Crippen LogP contribution in [-0.4, -0.2) is 83.7 Å². The molecule has 0 spiro atoms. The lowest BCUT2D eigenvalue weighted by Gasteiger charge is -2.27. The monoisotopic (exact) mass is 431 g/mol. The summed E-state index contributed by atoms with van der Waals surface area (Å²) in [6.45, 7) is 9.79. The summed E-state index contributed by atoms with van der Waals surface area (Å²) in [6.07, 6.45) is -2.91. The van der Waals surface area contributed by atoms with Crippen LogP contribution in [0.3, 0.4) is 0 Å². The van der Waals surface area contributed by atoms with E-state index in [1.807, 2.05) is 0 Å². The lowest BCUT2D eigenvalue weighted by Crippen LogP contribution is -2.48. The number of ether oxygens (including phenoxy) is 3. The van der Waals surface area contributed by atoms with Crippen LogP contribution >= 0.6 is 0 Å². The van der Waals surface area contributed by atoms with Crippen molar-refractivity contribution in [3.8, 4) is 0 Å². The van der Waals surface area contributed by atoms with Gasteiger partial charge in [-0.25, -0.2) is 14.4 Å². The molecule has 11 nitrogen and oxygen atoms in total. The number of nitrogens with zero attached hydrogens (tertiary/aromatic N) is 1. The summed E-state index contributed by atoms with van der Waals surface area (Å²) < 4.78 is 15.1. The van der Waals surface area contributed by atoms with E-state index in [0.717, 1.165) is 0 Å². The van der Waals surface area contributed by atoms with Crippen LogP contribution in [0.25, 0.3) is 0 Å². The van der Waals surface area contributed by atoms with Crippen molar-refractivity contribution in [2.45, 2.75) is 77.4 Å². The van der Waals surface area contributed by atoms with Crippen LogP contribution in [0.2, 0.25) is 0 Å². The highest BCUT2D eigenvalue weighted by atomic mass is 16.6. The summed E-state index contributed by atoms with van der Waals surface area (Å²) in [5, 5.41) is 14.9. The Kier molecular flexibility index (Phi) is 8.46. The van der Waals surface area contributed by atoms with Gasteiger partial charge in [0.2, 0.25) is 0 Å². The Balaban J connectivity index is 2.67. The fraction of sp³-hybridized carbons (Fsp3) is 0.789. The average Bonchev–Trinajstić information content (AvgIpc) is 2.99. The number of hydrogen-bond donors (Lipinski definition) is 3. The van der Waals surface area contributed by atoms with Crippen LogP contribution in [0.15, 0.2) is 0 Å². The maximum Gasteiger partial charge on any atom is 0.411 e. The van der Waals surface area contributed by atoms with E-state index in [2.05, 4.69) is 10.6 Å². The van der Waals surface area contributed by atoms with Gasteiger partial charge < -0.3 is 30.0 Å². The standard InChI is InChI=1S/C19H33N3O8/c1-18(2,3)29-16(26)20-9-13(23)14(24)21-11-8-12(15(25)28-7)22(10-11)17(27)30-19(4,5)6/h11-13,23H,8-10H2,1-7H3,(H,20,26)(H,21,24). The maximum atomic E-state index is 12.4. The number of alkyl carbamates (subject to hydrolysis) is 1. The number of aliphatic hydroxyl groups excluding tert-OH is 1. The fourth-order valence-corrected chi connectivity index (χ4v) is 2.71. The molecule has 0 saturated carbocycles. The van der Waals surface area contributed by atoms with Crippen LogP contribution < -0.4 is 10.6 Å². The molecule has 0 aromatic carbocycles. The molecule has 30 heavy (non-hydrogen) atoms. The number of amides is 3. The Bertz CT molecular complexity index is 653. The van der Waals surface area contributed by atoms with Gasteiger partial charge in [0.05, 0.1) is 13.7 Å². The van der Waals surface area contributed by atoms with E-state index in [1.165, 1.54) is 12.0 Å². The van der Waals surface area contributed by atoms with Gasteiger partial charge in [-0.3, -0.25) is 9.69 Å². The lowest BCUT2D eigenvalue weighted by molar-refractivity contribution is -0.145. The number of hydrogen-bond acceptors (Lipinski definition) is 8. The second-order valence-electron chi connectivity index (χ2n) is 9.01. The van der Waals surface area contributed by atoms with Crippen molar-refractivity contribution in [1.29, 1.82) is 0 Å². The van der Waals surface area contributed by atoms with E-state index >= 15 is 0 Å². The third-order valence-corrected chi connectivity index (χ3v) is 3.89. The predicted octanol–water partition coefficient (Wildman–Crippen LogP) is 0.539. The van der Waals surface area contributed by atoms with Crippen LogP contribution in [0.1, 0.15) is 48.0 Å². The molecular formula is C19H33N3O8. The number of likely N-dealkylation sites (tertiary alicyclic amines) is 1. The third-order valence-electron chi connectivity index (χ3n) is 3.89. The molecule has 1 fully saturated rings. The van der Waals surface area contributed by atoms with Gasteiger partial charge in [0, 0.05) is 19.0 Å². The Morgan fingerprint density at radius 1 is 1.07 bits per heavy atom. The molecule has 0 aromatic heterocycles. The molecular weight excluding hydrogens is 398 g/mol. The maximum absolute atomic E-state index is 12.4. The van der Waals surface area contributed by atoms with Crippen LogP contribution in [0.4, 0.5) is 9.59 Å². The van der Waals surface area contributed by atoms with Gasteiger partial charge in [-0.2, -0.15) is 0 Å². The van der Waals surface area contributed by atoms with E-state index in [-0.39, 0.29) is 19.5 Å². The quantitative estimate of drug-likeness (QED) is 0.423. The smallest absolute Gasteiger partial charge is 0.411 e. The Hall–Kier alpha value is -2.56. The average molecular weight is 431 g/mol. The van der Waals surface area contributed by atoms with E-state index in [1.54, 1.807) is 41.5 Å². The molecule has 1 aliphatic rings. The van der Waals surface area contributed by atoms with E-state index in [4.69, 9.17) is 14.2 Å². The van der Waals surface area contributed by atoms with Crippen LogP contribution in [0, 0.1) is 0 Å². The van der Waals surface area contributed by atoms with E-state index in [0.29, 0.717) is 0 Å². The minimum Gasteiger partial charge on any atom is -0.467 e. The Labute approximate surface area is 176 Å². The predicted molar refractivity (Wildman–Crippen MR) is 106 cm³/mol. The summed E-state index contributed by atoms with van der Waals surface area (Å²) in [6, 6.07) is -1.53. The summed E-state index contributed by atoms with van der Waals surface area (Å²) >= 11 is 0. The molecule has 0 aromatic rings. The van der Waals surface area contributed by atoms with Gasteiger partial charge in [0.1, 0.15) is 23.3 Å². The van der Waals surface area contributed by atoms with Gasteiger partial charge in [-0.1, -0.05) is 0 Å². The first-order valence-electron chi connectivity index (χ1n) is 9.65. The van der Waals surface area contributed by atoms with Crippen molar-refractivity contribution in [3.05, 3.63) is 0 Å². The lowest BCUT2D eigenvalue weighted by atomic mass is 10.1. The number of carbonyl (C=O) groups excluding carboxylic acids is 4. The molecule has 1 aliphatic heterocycles. The van der Waals surface area contributed by atoms with Crippen molar-refractivity contribution in [1.82, 2.24) is 15.5 Å². The van der Waals surface area contributed by atoms with Crippen molar-refractivity contribution in [2.75, 3.05) is 20.2 Å². The molecule has 0 radical (unpaired) electrons. The van der Waals surface area contributed by atoms with Gasteiger partial charge in [0.25, 0.3) is 5.91 Å². The van der Waals surface area contributed by atoms with Gasteiger partial charge in [-0.15, -0.1) is 0 Å². The molecule has 172 valence electrons. The van der Waals surface area contributed by atoms with Crippen molar-refractivity contribution < 1.29 is 38.5 Å². The Morgan fingerprint density at radius 2 is 1.63 bits per heavy atom. The normalized spacial score (nSPS) is 20.2. The largest absolute Gasteiger partial charge is 0.467 e. The SMILES string of the molecule is COC(=O)C1CC(NC(=O)C(O)CNC(=O)OC(C)(C)C)CN1C(=O)OC(C)(C)C. The fourth-order valence-electron chi connectivity index (χ4n) is 2.71. The van der Waals surface area contributed by atoms with Crippen molar-refractivity contribution in [2.24, 2.45) is 0 Å². The molecule has 0 bridgehead atoms. The third kappa shape index (κ3) is 8.44. The zero-order valence-electron chi connectivity index (χ0n) is 18.6. The molecule has 3 N–H and O–H groups in total. The first-order valence-corrected chi connectivity index (χ1v) is 9.65. The first kappa shape index (κ1) is 25.5. The molecule has 1 saturated heterocycles. The first-order chi connectivity index (χ1) is 13.6. The van der Waals surface area contributed by atoms with Gasteiger partial charge in [0.15, 0.2) is 0 Å². The summed E-state index contributed by atoms with van der Waals surface area (Å²) in [5.41, 5.74) is -1.47. The van der Waals surface area contributed by atoms with E-state index < -0.39 is 53.5 Å². The second kappa shape index (κ2) is 9.96. The second-order valence-corrected chi connectivity index (χ2v) is 9.01. The van der Waals surface area contributed by atoms with Crippen LogP contribution in [-0.2, 0) is 23.8 Å². The number of aliphatic hydroxyl groups is 1. The molecule has 3 atom stereocenters. The highest BCUT2D eigenvalue weighted by Crippen LogP contribution is 2.22. The highest BCUT2D eigenvalue weighted by molar-refractivity contribution is 5.84. The number of carbonyl (C=O) groups is 4. The van der Waals surface area contributed by atoms with Gasteiger partial charge in [-0.05, 0) is 41.5 Å². The summed E-state index contributed by atoms with van der Waals surface area (Å²) in [7, 11) is 1.20. The number of rotatable bonds is 5. The van der Waals surface area contributed by atoms with Crippen molar-refractivity contribution >= 4 is 24.1 Å². The molecule has 0 aliphatic carbocycles. The van der Waals surface area contributed by atoms with Crippen LogP contribution in [0.5, 0.6) is 0 Å². The molecule has 1 rings (SSSR count). The number of nitrogens with one attached hydrogen (secondary N) is 2. The van der Waals surface area contributed by atoms with Crippen molar-refractivity contribution in [3.63, 3.8) is 0 Å². The molecule has 3 unspecified atom stereocenters. The van der Waals surface area contributed by atoms with Gasteiger partial charge >= 0.3 is 18.2 Å².